The van der Waals surface area contributed by atoms with Gasteiger partial charge in [-0.3, -0.25) is 9.52 Å². The number of carbonyl (C=O) groups excluding carboxylic acids is 1. The molecule has 174 valence electrons. The largest absolute Gasteiger partial charge is 0.322 e. The number of nitrogens with zero attached hydrogens (tertiary/aromatic N) is 1. The summed E-state index contributed by atoms with van der Waals surface area (Å²) in [7, 11) is -7.37. The van der Waals surface area contributed by atoms with E-state index in [2.05, 4.69) is 10.0 Å². The summed E-state index contributed by atoms with van der Waals surface area (Å²) < 4.78 is 54.0. The number of anilines is 2. The fraction of sp³-hybridized carbons (Fsp3) is 0.174. The van der Waals surface area contributed by atoms with Crippen LogP contribution in [0.4, 0.5) is 11.4 Å². The number of para-hydroxylation sites is 1. The molecule has 0 atom stereocenters. The fourth-order valence-electron chi connectivity index (χ4n) is 3.13. The van der Waals surface area contributed by atoms with Gasteiger partial charge in [0.15, 0.2) is 0 Å². The van der Waals surface area contributed by atoms with E-state index >= 15 is 0 Å². The third-order valence-electron chi connectivity index (χ3n) is 4.91. The van der Waals surface area contributed by atoms with E-state index in [1.165, 1.54) is 52.8 Å². The van der Waals surface area contributed by atoms with E-state index < -0.39 is 26.0 Å². The van der Waals surface area contributed by atoms with Gasteiger partial charge in [0, 0.05) is 30.0 Å². The van der Waals surface area contributed by atoms with Crippen molar-refractivity contribution >= 4 is 37.3 Å². The third kappa shape index (κ3) is 5.78. The summed E-state index contributed by atoms with van der Waals surface area (Å²) in [5.41, 5.74) is 1.11. The van der Waals surface area contributed by atoms with Gasteiger partial charge in [-0.15, -0.1) is 0 Å². The van der Waals surface area contributed by atoms with Crippen molar-refractivity contribution in [1.82, 2.24) is 4.31 Å². The molecular weight excluding hydrogens is 462 g/mol. The first-order chi connectivity index (χ1) is 15.7. The van der Waals surface area contributed by atoms with Crippen LogP contribution in [0.5, 0.6) is 0 Å². The Morgan fingerprint density at radius 2 is 1.27 bits per heavy atom. The molecule has 2 N–H and O–H groups in total. The highest BCUT2D eigenvalue weighted by Crippen LogP contribution is 2.20. The van der Waals surface area contributed by atoms with Gasteiger partial charge >= 0.3 is 0 Å². The topological polar surface area (TPSA) is 113 Å². The Kier molecular flexibility index (Phi) is 7.52. The lowest BCUT2D eigenvalue weighted by Gasteiger charge is -2.18. The first kappa shape index (κ1) is 24.4. The van der Waals surface area contributed by atoms with Crippen LogP contribution in [0.2, 0.25) is 0 Å². The summed E-state index contributed by atoms with van der Waals surface area (Å²) in [5.74, 6) is -0.450. The molecule has 0 aliphatic carbocycles. The molecule has 1 amide bonds. The molecule has 0 bridgehead atoms. The normalized spacial score (nSPS) is 11.8. The van der Waals surface area contributed by atoms with Crippen LogP contribution in [-0.2, 0) is 20.0 Å². The van der Waals surface area contributed by atoms with Gasteiger partial charge in [-0.1, -0.05) is 32.0 Å². The lowest BCUT2D eigenvalue weighted by molar-refractivity contribution is 0.102. The molecule has 0 unspecified atom stereocenters. The van der Waals surface area contributed by atoms with E-state index in [0.717, 1.165) is 0 Å². The predicted molar refractivity (Wildman–Crippen MR) is 128 cm³/mol. The van der Waals surface area contributed by atoms with Crippen LogP contribution in [0.25, 0.3) is 0 Å². The van der Waals surface area contributed by atoms with Gasteiger partial charge in [0.25, 0.3) is 15.9 Å². The Morgan fingerprint density at radius 3 is 1.82 bits per heavy atom. The molecule has 0 saturated heterocycles. The molecular formula is C23H25N3O5S2. The summed E-state index contributed by atoms with van der Waals surface area (Å²) in [6, 6.07) is 19.9. The molecule has 0 spiro atoms. The summed E-state index contributed by atoms with van der Waals surface area (Å²) >= 11 is 0. The number of amides is 1. The maximum atomic E-state index is 12.6. The lowest BCUT2D eigenvalue weighted by Crippen LogP contribution is -2.30. The molecule has 8 nitrogen and oxygen atoms in total. The maximum Gasteiger partial charge on any atom is 0.261 e. The molecule has 10 heteroatoms. The summed E-state index contributed by atoms with van der Waals surface area (Å²) in [5, 5.41) is 2.68. The van der Waals surface area contributed by atoms with Gasteiger partial charge < -0.3 is 5.32 Å². The van der Waals surface area contributed by atoms with Crippen LogP contribution >= 0.6 is 0 Å². The van der Waals surface area contributed by atoms with E-state index in [0.29, 0.717) is 24.5 Å². The Balaban J connectivity index is 1.70. The first-order valence-electron chi connectivity index (χ1n) is 10.3. The molecule has 0 aliphatic heterocycles. The first-order valence-corrected chi connectivity index (χ1v) is 13.2. The minimum atomic E-state index is -3.79. The van der Waals surface area contributed by atoms with Crippen LogP contribution in [0.15, 0.2) is 88.7 Å². The highest BCUT2D eigenvalue weighted by atomic mass is 32.2. The highest BCUT2D eigenvalue weighted by Gasteiger charge is 2.21. The van der Waals surface area contributed by atoms with Crippen molar-refractivity contribution in [2.45, 2.75) is 23.6 Å². The Morgan fingerprint density at radius 1 is 0.727 bits per heavy atom. The molecule has 3 aromatic carbocycles. The van der Waals surface area contributed by atoms with Gasteiger partial charge in [0.2, 0.25) is 10.0 Å². The molecule has 0 aliphatic rings. The van der Waals surface area contributed by atoms with Gasteiger partial charge in [0.1, 0.15) is 0 Å². The molecule has 0 fully saturated rings. The van der Waals surface area contributed by atoms with Gasteiger partial charge in [-0.05, 0) is 60.7 Å². The van der Waals surface area contributed by atoms with Crippen LogP contribution < -0.4 is 10.0 Å². The van der Waals surface area contributed by atoms with E-state index in [9.17, 15) is 21.6 Å². The Bertz CT molecular complexity index is 1300. The minimum absolute atomic E-state index is 0.0221. The standard InChI is InChI=1S/C23H25N3O5S2/c1-3-26(4-2)33(30,31)22-16-12-19(13-17-22)24-23(27)18-10-14-21(15-11-18)32(28,29)25-20-8-6-5-7-9-20/h5-17,25H,3-4H2,1-2H3,(H,24,27). The van der Waals surface area contributed by atoms with E-state index in [1.54, 1.807) is 44.2 Å². The zero-order chi connectivity index (χ0) is 24.1. The quantitative estimate of drug-likeness (QED) is 0.477. The van der Waals surface area contributed by atoms with Crippen molar-refractivity contribution < 1.29 is 21.6 Å². The highest BCUT2D eigenvalue weighted by molar-refractivity contribution is 7.92. The summed E-state index contributed by atoms with van der Waals surface area (Å²) in [4.78, 5) is 12.7. The predicted octanol–water partition coefficient (Wildman–Crippen LogP) is 3.77. The number of sulfonamides is 2. The second-order valence-corrected chi connectivity index (χ2v) is 10.7. The zero-order valence-electron chi connectivity index (χ0n) is 18.2. The van der Waals surface area contributed by atoms with Crippen LogP contribution in [0, 0.1) is 0 Å². The smallest absolute Gasteiger partial charge is 0.261 e. The van der Waals surface area contributed by atoms with Crippen LogP contribution in [0.1, 0.15) is 24.2 Å². The van der Waals surface area contributed by atoms with Crippen molar-refractivity contribution in [3.05, 3.63) is 84.4 Å². The molecule has 0 saturated carbocycles. The number of rotatable bonds is 9. The molecule has 0 heterocycles. The number of benzene rings is 3. The SMILES string of the molecule is CCN(CC)S(=O)(=O)c1ccc(NC(=O)c2ccc(S(=O)(=O)Nc3ccccc3)cc2)cc1. The number of carbonyl (C=O) groups is 1. The van der Waals surface area contributed by atoms with E-state index in [1.807, 2.05) is 0 Å². The van der Waals surface area contributed by atoms with Crippen molar-refractivity contribution in [3.8, 4) is 0 Å². The van der Waals surface area contributed by atoms with Gasteiger partial charge in [0.05, 0.1) is 9.79 Å². The van der Waals surface area contributed by atoms with Gasteiger partial charge in [-0.25, -0.2) is 16.8 Å². The third-order valence-corrected chi connectivity index (χ3v) is 8.37. The number of nitrogens with one attached hydrogen (secondary N) is 2. The van der Waals surface area contributed by atoms with Crippen molar-refractivity contribution in [3.63, 3.8) is 0 Å². The average Bonchev–Trinajstić information content (AvgIpc) is 2.80. The van der Waals surface area contributed by atoms with Gasteiger partial charge in [-0.2, -0.15) is 4.31 Å². The summed E-state index contributed by atoms with van der Waals surface area (Å²) in [6.07, 6.45) is 0. The number of hydrogen-bond donors (Lipinski definition) is 2. The number of hydrogen-bond acceptors (Lipinski definition) is 5. The second kappa shape index (κ2) is 10.2. The summed E-state index contributed by atoms with van der Waals surface area (Å²) in [6.45, 7) is 4.27. The zero-order valence-corrected chi connectivity index (χ0v) is 19.9. The maximum absolute atomic E-state index is 12.6. The molecule has 3 rings (SSSR count). The van der Waals surface area contributed by atoms with Crippen LogP contribution in [-0.4, -0.2) is 40.1 Å². The average molecular weight is 488 g/mol. The van der Waals surface area contributed by atoms with E-state index in [-0.39, 0.29) is 15.4 Å². The van der Waals surface area contributed by atoms with E-state index in [4.69, 9.17) is 0 Å². The molecule has 3 aromatic rings. The second-order valence-electron chi connectivity index (χ2n) is 7.06. The molecule has 33 heavy (non-hydrogen) atoms. The monoisotopic (exact) mass is 487 g/mol. The van der Waals surface area contributed by atoms with Crippen molar-refractivity contribution in [1.29, 1.82) is 0 Å². The van der Waals surface area contributed by atoms with Crippen molar-refractivity contribution in [2.24, 2.45) is 0 Å². The fourth-order valence-corrected chi connectivity index (χ4v) is 5.65. The Labute approximate surface area is 194 Å². The Hall–Kier alpha value is -3.21. The minimum Gasteiger partial charge on any atom is -0.322 e. The lowest BCUT2D eigenvalue weighted by atomic mass is 10.2. The van der Waals surface area contributed by atoms with Crippen LogP contribution in [0.3, 0.4) is 0 Å². The van der Waals surface area contributed by atoms with Crippen molar-refractivity contribution in [2.75, 3.05) is 23.1 Å². The molecule has 0 aromatic heterocycles. The molecule has 0 radical (unpaired) electrons.